The van der Waals surface area contributed by atoms with Gasteiger partial charge in [-0.1, -0.05) is 39.0 Å². The molecule has 1 aromatic rings. The molecular formula is C17H27NO2. The Morgan fingerprint density at radius 1 is 1.00 bits per heavy atom. The predicted molar refractivity (Wildman–Crippen MR) is 83.0 cm³/mol. The summed E-state index contributed by atoms with van der Waals surface area (Å²) in [7, 11) is 0. The van der Waals surface area contributed by atoms with E-state index in [0.29, 0.717) is 5.56 Å². The van der Waals surface area contributed by atoms with Gasteiger partial charge in [0.2, 0.25) is 0 Å². The Balaban J connectivity index is 3.12. The van der Waals surface area contributed by atoms with E-state index in [1.165, 1.54) is 0 Å². The first-order valence-electron chi connectivity index (χ1n) is 7.01. The molecule has 1 aromatic carbocycles. The summed E-state index contributed by atoms with van der Waals surface area (Å²) in [6.45, 7) is 13.3. The lowest BCUT2D eigenvalue weighted by molar-refractivity contribution is -0.00296. The van der Waals surface area contributed by atoms with Gasteiger partial charge in [0, 0.05) is 5.56 Å². The van der Waals surface area contributed by atoms with E-state index in [-0.39, 0.29) is 11.3 Å². The average molecular weight is 277 g/mol. The average Bonchev–Trinajstić information content (AvgIpc) is 2.25. The molecule has 0 aliphatic heterocycles. The topological polar surface area (TPSA) is 49.3 Å². The number of carbonyl (C=O) groups excluding carboxylic acids is 1. The highest BCUT2D eigenvalue weighted by Crippen LogP contribution is 2.27. The van der Waals surface area contributed by atoms with Crippen molar-refractivity contribution in [3.8, 4) is 0 Å². The van der Waals surface area contributed by atoms with E-state index in [1.54, 1.807) is 13.8 Å². The summed E-state index contributed by atoms with van der Waals surface area (Å²) in [6, 6.07) is 7.61. The fraction of sp³-hybridized carbons (Fsp3) is 0.588. The van der Waals surface area contributed by atoms with Gasteiger partial charge >= 0.3 is 0 Å². The zero-order valence-electron chi connectivity index (χ0n) is 13.7. The van der Waals surface area contributed by atoms with Gasteiger partial charge in [0.05, 0.1) is 11.1 Å². The molecule has 0 saturated heterocycles. The molecule has 0 heterocycles. The summed E-state index contributed by atoms with van der Waals surface area (Å²) in [4.78, 5) is 12.6. The summed E-state index contributed by atoms with van der Waals surface area (Å²) >= 11 is 0. The van der Waals surface area contributed by atoms with Crippen LogP contribution in [0.2, 0.25) is 0 Å². The molecule has 0 bridgehead atoms. The van der Waals surface area contributed by atoms with Gasteiger partial charge in [0.1, 0.15) is 0 Å². The molecule has 1 rings (SSSR count). The Kier molecular flexibility index (Phi) is 4.35. The van der Waals surface area contributed by atoms with Gasteiger partial charge in [-0.2, -0.15) is 0 Å². The van der Waals surface area contributed by atoms with Crippen molar-refractivity contribution in [1.82, 2.24) is 5.32 Å². The van der Waals surface area contributed by atoms with Crippen molar-refractivity contribution in [1.29, 1.82) is 0 Å². The minimum Gasteiger partial charge on any atom is -0.388 e. The van der Waals surface area contributed by atoms with E-state index in [2.05, 4.69) is 26.1 Å². The minimum atomic E-state index is -1.00. The first-order valence-corrected chi connectivity index (χ1v) is 7.01. The second-order valence-corrected chi connectivity index (χ2v) is 7.43. The van der Waals surface area contributed by atoms with E-state index < -0.39 is 11.1 Å². The summed E-state index contributed by atoms with van der Waals surface area (Å²) in [5.74, 6) is -0.150. The molecule has 0 saturated carbocycles. The predicted octanol–water partition coefficient (Wildman–Crippen LogP) is 3.26. The molecule has 2 N–H and O–H groups in total. The van der Waals surface area contributed by atoms with Crippen LogP contribution >= 0.6 is 0 Å². The Hall–Kier alpha value is -1.35. The first kappa shape index (κ1) is 16.7. The molecule has 0 aliphatic carbocycles. The van der Waals surface area contributed by atoms with Crippen LogP contribution in [0.15, 0.2) is 24.3 Å². The quantitative estimate of drug-likeness (QED) is 0.891. The Labute approximate surface area is 122 Å². The maximum Gasteiger partial charge on any atom is 0.252 e. The molecule has 3 heteroatoms. The van der Waals surface area contributed by atoms with E-state index in [1.807, 2.05) is 38.1 Å². The lowest BCUT2D eigenvalue weighted by Crippen LogP contribution is -2.57. The van der Waals surface area contributed by atoms with Gasteiger partial charge in [0.15, 0.2) is 0 Å². The van der Waals surface area contributed by atoms with Crippen molar-refractivity contribution in [2.24, 2.45) is 0 Å². The lowest BCUT2D eigenvalue weighted by atomic mass is 9.82. The van der Waals surface area contributed by atoms with Crippen LogP contribution in [-0.4, -0.2) is 22.2 Å². The summed E-state index contributed by atoms with van der Waals surface area (Å²) in [5, 5.41) is 13.1. The molecule has 3 nitrogen and oxygen atoms in total. The van der Waals surface area contributed by atoms with Crippen LogP contribution in [0.4, 0.5) is 0 Å². The SMILES string of the molecule is CC(C)(C)c1ccccc1C(=O)NC(C)(C)C(C)(C)O. The number of hydrogen-bond acceptors (Lipinski definition) is 2. The fourth-order valence-electron chi connectivity index (χ4n) is 1.84. The maximum atomic E-state index is 12.6. The third kappa shape index (κ3) is 3.60. The van der Waals surface area contributed by atoms with Gasteiger partial charge in [-0.25, -0.2) is 0 Å². The molecule has 0 aromatic heterocycles. The lowest BCUT2D eigenvalue weighted by Gasteiger charge is -2.38. The second-order valence-electron chi connectivity index (χ2n) is 7.43. The van der Waals surface area contributed by atoms with Gasteiger partial charge in [-0.3, -0.25) is 4.79 Å². The Morgan fingerprint density at radius 3 is 1.95 bits per heavy atom. The fourth-order valence-corrected chi connectivity index (χ4v) is 1.84. The number of carbonyl (C=O) groups is 1. The third-order valence-electron chi connectivity index (χ3n) is 3.94. The van der Waals surface area contributed by atoms with Crippen molar-refractivity contribution in [2.45, 2.75) is 65.0 Å². The van der Waals surface area contributed by atoms with Crippen LogP contribution in [-0.2, 0) is 5.41 Å². The minimum absolute atomic E-state index is 0.104. The molecule has 0 unspecified atom stereocenters. The zero-order valence-corrected chi connectivity index (χ0v) is 13.7. The van der Waals surface area contributed by atoms with Crippen molar-refractivity contribution in [2.75, 3.05) is 0 Å². The number of nitrogens with one attached hydrogen (secondary N) is 1. The van der Waals surface area contributed by atoms with Gasteiger partial charge in [0.25, 0.3) is 5.91 Å². The number of aliphatic hydroxyl groups is 1. The molecule has 0 radical (unpaired) electrons. The van der Waals surface area contributed by atoms with Crippen LogP contribution in [0.25, 0.3) is 0 Å². The molecular weight excluding hydrogens is 250 g/mol. The van der Waals surface area contributed by atoms with Crippen LogP contribution in [0.3, 0.4) is 0 Å². The number of benzene rings is 1. The van der Waals surface area contributed by atoms with E-state index >= 15 is 0 Å². The van der Waals surface area contributed by atoms with Gasteiger partial charge in [-0.05, 0) is 44.7 Å². The standard InChI is InChI=1S/C17H27NO2/c1-15(2,3)13-11-9-8-10-12(13)14(19)18-16(4,5)17(6,7)20/h8-11,20H,1-7H3,(H,18,19). The normalized spacial score (nSPS) is 13.2. The monoisotopic (exact) mass is 277 g/mol. The molecule has 112 valence electrons. The smallest absolute Gasteiger partial charge is 0.252 e. The van der Waals surface area contributed by atoms with Crippen molar-refractivity contribution >= 4 is 5.91 Å². The molecule has 0 spiro atoms. The third-order valence-corrected chi connectivity index (χ3v) is 3.94. The Morgan fingerprint density at radius 2 is 1.50 bits per heavy atom. The molecule has 1 amide bonds. The molecule has 0 fully saturated rings. The van der Waals surface area contributed by atoms with Crippen LogP contribution in [0.5, 0.6) is 0 Å². The number of rotatable bonds is 3. The molecule has 0 aliphatic rings. The van der Waals surface area contributed by atoms with E-state index in [9.17, 15) is 9.90 Å². The van der Waals surface area contributed by atoms with Crippen LogP contribution in [0, 0.1) is 0 Å². The van der Waals surface area contributed by atoms with Crippen LogP contribution < -0.4 is 5.32 Å². The highest BCUT2D eigenvalue weighted by atomic mass is 16.3. The van der Waals surface area contributed by atoms with Crippen LogP contribution in [0.1, 0.15) is 64.4 Å². The van der Waals surface area contributed by atoms with Gasteiger partial charge in [-0.15, -0.1) is 0 Å². The summed E-state index contributed by atoms with van der Waals surface area (Å²) in [6.07, 6.45) is 0. The summed E-state index contributed by atoms with van der Waals surface area (Å²) < 4.78 is 0. The van der Waals surface area contributed by atoms with Gasteiger partial charge < -0.3 is 10.4 Å². The number of amides is 1. The largest absolute Gasteiger partial charge is 0.388 e. The molecule has 20 heavy (non-hydrogen) atoms. The van der Waals surface area contributed by atoms with Crippen molar-refractivity contribution in [3.05, 3.63) is 35.4 Å². The summed E-state index contributed by atoms with van der Waals surface area (Å²) in [5.41, 5.74) is -0.150. The molecule has 0 atom stereocenters. The number of hydrogen-bond donors (Lipinski definition) is 2. The zero-order chi connectivity index (χ0) is 15.8. The highest BCUT2D eigenvalue weighted by Gasteiger charge is 2.37. The van der Waals surface area contributed by atoms with E-state index in [0.717, 1.165) is 5.56 Å². The van der Waals surface area contributed by atoms with E-state index in [4.69, 9.17) is 0 Å². The first-order chi connectivity index (χ1) is 8.86. The van der Waals surface area contributed by atoms with Crippen molar-refractivity contribution < 1.29 is 9.90 Å². The van der Waals surface area contributed by atoms with Crippen molar-refractivity contribution in [3.63, 3.8) is 0 Å². The second kappa shape index (κ2) is 5.21. The maximum absolute atomic E-state index is 12.6. The Bertz CT molecular complexity index is 490. The highest BCUT2D eigenvalue weighted by molar-refractivity contribution is 5.96.